The first kappa shape index (κ1) is 18.0. The number of aromatic nitrogens is 2. The van der Waals surface area contributed by atoms with E-state index in [1.165, 1.54) is 0 Å². The highest BCUT2D eigenvalue weighted by Gasteiger charge is 2.10. The summed E-state index contributed by atoms with van der Waals surface area (Å²) in [5.74, 6) is 1.72. The lowest BCUT2D eigenvalue weighted by molar-refractivity contribution is 0.410. The molecule has 0 aliphatic rings. The molecule has 0 amide bonds. The summed E-state index contributed by atoms with van der Waals surface area (Å²) in [4.78, 5) is 0. The number of nitrogens with one attached hydrogen (secondary N) is 2. The Kier molecular flexibility index (Phi) is 6.36. The predicted molar refractivity (Wildman–Crippen MR) is 94.9 cm³/mol. The van der Waals surface area contributed by atoms with Crippen LogP contribution in [0.3, 0.4) is 0 Å². The minimum absolute atomic E-state index is 0.0631. The van der Waals surface area contributed by atoms with E-state index in [1.54, 1.807) is 26.2 Å². The molecule has 0 aliphatic heterocycles. The van der Waals surface area contributed by atoms with Crippen LogP contribution >= 0.6 is 0 Å². The quantitative estimate of drug-likeness (QED) is 0.721. The monoisotopic (exact) mass is 350 g/mol. The normalized spacial score (nSPS) is 11.1. The number of methoxy groups -OCH3 is 1. The lowest BCUT2D eigenvalue weighted by Crippen LogP contribution is -2.17. The maximum absolute atomic E-state index is 11.7. The molecule has 7 nitrogen and oxygen atoms in total. The first-order chi connectivity index (χ1) is 11.5. The summed E-state index contributed by atoms with van der Waals surface area (Å²) in [6.45, 7) is 2.47. The van der Waals surface area contributed by atoms with Crippen molar-refractivity contribution in [2.45, 2.75) is 19.8 Å². The molecule has 2 N–H and O–H groups in total. The molecule has 0 atom stereocenters. The van der Waals surface area contributed by atoms with Gasteiger partial charge < -0.3 is 10.1 Å². The maximum Gasteiger partial charge on any atom is 0.233 e. The van der Waals surface area contributed by atoms with Crippen LogP contribution in [-0.2, 0) is 16.4 Å². The Bertz CT molecular complexity index is 748. The highest BCUT2D eigenvalue weighted by atomic mass is 32.2. The van der Waals surface area contributed by atoms with Crippen molar-refractivity contribution in [3.05, 3.63) is 42.0 Å². The standard InChI is InChI=1S/C16H22N4O3S/c1-3-12-24(21,22)20-16-9-8-15(18-19-16)17-11-10-13-6-4-5-7-14(13)23-2/h4-9H,3,10-12H2,1-2H3,(H,17,18)(H,19,20). The van der Waals surface area contributed by atoms with Crippen molar-refractivity contribution in [3.8, 4) is 5.75 Å². The van der Waals surface area contributed by atoms with Crippen LogP contribution in [0, 0.1) is 0 Å². The van der Waals surface area contributed by atoms with Gasteiger partial charge in [-0.05, 0) is 36.6 Å². The molecule has 0 bridgehead atoms. The Morgan fingerprint density at radius 1 is 1.08 bits per heavy atom. The van der Waals surface area contributed by atoms with Gasteiger partial charge in [0.1, 0.15) is 11.6 Å². The van der Waals surface area contributed by atoms with Crippen LogP contribution in [0.25, 0.3) is 0 Å². The molecule has 2 rings (SSSR count). The summed E-state index contributed by atoms with van der Waals surface area (Å²) in [6, 6.07) is 11.1. The van der Waals surface area contributed by atoms with Crippen molar-refractivity contribution in [2.75, 3.05) is 29.4 Å². The van der Waals surface area contributed by atoms with Gasteiger partial charge >= 0.3 is 0 Å². The van der Waals surface area contributed by atoms with Crippen LogP contribution in [0.1, 0.15) is 18.9 Å². The molecule has 130 valence electrons. The number of hydrogen-bond donors (Lipinski definition) is 2. The Morgan fingerprint density at radius 3 is 2.46 bits per heavy atom. The molecular formula is C16H22N4O3S. The molecule has 24 heavy (non-hydrogen) atoms. The number of sulfonamides is 1. The molecule has 1 heterocycles. The van der Waals surface area contributed by atoms with Gasteiger partial charge in [-0.15, -0.1) is 10.2 Å². The van der Waals surface area contributed by atoms with Crippen LogP contribution in [0.15, 0.2) is 36.4 Å². The molecule has 1 aromatic heterocycles. The number of para-hydroxylation sites is 1. The van der Waals surface area contributed by atoms with Crippen molar-refractivity contribution in [1.82, 2.24) is 10.2 Å². The van der Waals surface area contributed by atoms with Gasteiger partial charge in [-0.3, -0.25) is 4.72 Å². The van der Waals surface area contributed by atoms with Crippen molar-refractivity contribution in [3.63, 3.8) is 0 Å². The summed E-state index contributed by atoms with van der Waals surface area (Å²) in [5, 5.41) is 11.0. The lowest BCUT2D eigenvalue weighted by Gasteiger charge is -2.09. The van der Waals surface area contributed by atoms with Gasteiger partial charge in [-0.25, -0.2) is 8.42 Å². The number of anilines is 2. The van der Waals surface area contributed by atoms with Gasteiger partial charge in [0, 0.05) is 6.54 Å². The fourth-order valence-electron chi connectivity index (χ4n) is 2.19. The smallest absolute Gasteiger partial charge is 0.233 e. The van der Waals surface area contributed by atoms with Crippen LogP contribution in [0.4, 0.5) is 11.6 Å². The first-order valence-corrected chi connectivity index (χ1v) is 9.39. The van der Waals surface area contributed by atoms with Crippen LogP contribution < -0.4 is 14.8 Å². The highest BCUT2D eigenvalue weighted by molar-refractivity contribution is 7.92. The van der Waals surface area contributed by atoms with E-state index in [1.807, 2.05) is 24.3 Å². The van der Waals surface area contributed by atoms with Crippen molar-refractivity contribution >= 4 is 21.7 Å². The van der Waals surface area contributed by atoms with Crippen molar-refractivity contribution in [1.29, 1.82) is 0 Å². The number of hydrogen-bond acceptors (Lipinski definition) is 6. The molecule has 0 fully saturated rings. The number of benzene rings is 1. The molecule has 1 aromatic carbocycles. The summed E-state index contributed by atoms with van der Waals surface area (Å²) in [6.07, 6.45) is 1.32. The topological polar surface area (TPSA) is 93.2 Å². The van der Waals surface area contributed by atoms with E-state index in [9.17, 15) is 8.42 Å². The predicted octanol–water partition coefficient (Wildman–Crippen LogP) is 2.29. The molecule has 0 unspecified atom stereocenters. The zero-order valence-corrected chi connectivity index (χ0v) is 14.6. The third-order valence-electron chi connectivity index (χ3n) is 3.29. The Morgan fingerprint density at radius 2 is 1.79 bits per heavy atom. The van der Waals surface area contributed by atoms with Gasteiger partial charge in [-0.1, -0.05) is 25.1 Å². The molecule has 8 heteroatoms. The molecule has 0 saturated carbocycles. The van der Waals surface area contributed by atoms with E-state index in [0.717, 1.165) is 17.7 Å². The third kappa shape index (κ3) is 5.38. The zero-order valence-electron chi connectivity index (χ0n) is 13.8. The third-order valence-corrected chi connectivity index (χ3v) is 4.76. The summed E-state index contributed by atoms with van der Waals surface area (Å²) in [5.41, 5.74) is 1.10. The van der Waals surface area contributed by atoms with E-state index in [4.69, 9.17) is 4.74 Å². The van der Waals surface area contributed by atoms with Gasteiger partial charge in [-0.2, -0.15) is 0 Å². The second-order valence-electron chi connectivity index (χ2n) is 5.21. The fraction of sp³-hybridized carbons (Fsp3) is 0.375. The van der Waals surface area contributed by atoms with E-state index < -0.39 is 10.0 Å². The van der Waals surface area contributed by atoms with Gasteiger partial charge in [0.05, 0.1) is 12.9 Å². The summed E-state index contributed by atoms with van der Waals surface area (Å²) < 4.78 is 31.0. The molecule has 0 spiro atoms. The van der Waals surface area contributed by atoms with Crippen molar-refractivity contribution < 1.29 is 13.2 Å². The number of nitrogens with zero attached hydrogens (tertiary/aromatic N) is 2. The second-order valence-corrected chi connectivity index (χ2v) is 7.06. The van der Waals surface area contributed by atoms with E-state index in [2.05, 4.69) is 20.2 Å². The molecular weight excluding hydrogens is 328 g/mol. The van der Waals surface area contributed by atoms with Crippen LogP contribution in [0.2, 0.25) is 0 Å². The van der Waals surface area contributed by atoms with E-state index in [-0.39, 0.29) is 11.6 Å². The zero-order chi connectivity index (χ0) is 17.4. The summed E-state index contributed by atoms with van der Waals surface area (Å²) >= 11 is 0. The number of ether oxygens (including phenoxy) is 1. The Balaban J connectivity index is 1.88. The minimum Gasteiger partial charge on any atom is -0.496 e. The van der Waals surface area contributed by atoms with Gasteiger partial charge in [0.25, 0.3) is 0 Å². The van der Waals surface area contributed by atoms with E-state index in [0.29, 0.717) is 18.8 Å². The average molecular weight is 350 g/mol. The van der Waals surface area contributed by atoms with Gasteiger partial charge in [0.2, 0.25) is 10.0 Å². The maximum atomic E-state index is 11.7. The van der Waals surface area contributed by atoms with Gasteiger partial charge in [0.15, 0.2) is 5.82 Å². The summed E-state index contributed by atoms with van der Waals surface area (Å²) in [7, 11) is -1.70. The SMILES string of the molecule is CCCS(=O)(=O)Nc1ccc(NCCc2ccccc2OC)nn1. The molecule has 0 saturated heterocycles. The Labute approximate surface area is 142 Å². The lowest BCUT2D eigenvalue weighted by atomic mass is 10.1. The fourth-order valence-corrected chi connectivity index (χ4v) is 3.26. The van der Waals surface area contributed by atoms with Crippen molar-refractivity contribution in [2.24, 2.45) is 0 Å². The number of rotatable bonds is 9. The van der Waals surface area contributed by atoms with Crippen LogP contribution in [0.5, 0.6) is 5.75 Å². The average Bonchev–Trinajstić information content (AvgIpc) is 2.56. The Hall–Kier alpha value is -2.35. The van der Waals surface area contributed by atoms with Crippen LogP contribution in [-0.4, -0.2) is 38.0 Å². The minimum atomic E-state index is -3.35. The largest absolute Gasteiger partial charge is 0.496 e. The molecule has 2 aromatic rings. The highest BCUT2D eigenvalue weighted by Crippen LogP contribution is 2.17. The molecule has 0 radical (unpaired) electrons. The van der Waals surface area contributed by atoms with E-state index >= 15 is 0 Å². The molecule has 0 aliphatic carbocycles. The second kappa shape index (κ2) is 8.49. The first-order valence-electron chi connectivity index (χ1n) is 7.74.